The number of benzene rings is 2. The van der Waals surface area contributed by atoms with Crippen molar-refractivity contribution in [3.63, 3.8) is 0 Å². The maximum Gasteiger partial charge on any atom is 0.123 e. The second-order valence-electron chi connectivity index (χ2n) is 4.97. The fraction of sp³-hybridized carbons (Fsp3) is 0.294. The molecule has 0 saturated heterocycles. The molecule has 0 amide bonds. The van der Waals surface area contributed by atoms with Crippen LogP contribution in [0.5, 0.6) is 5.75 Å². The second kappa shape index (κ2) is 8.15. The second-order valence-corrected chi connectivity index (χ2v) is 5.89. The fourth-order valence-corrected chi connectivity index (χ4v) is 2.35. The van der Waals surface area contributed by atoms with Crippen LogP contribution in [-0.2, 0) is 6.42 Å². The van der Waals surface area contributed by atoms with Gasteiger partial charge in [0.2, 0.25) is 0 Å². The molecule has 2 rings (SSSR count). The average Bonchev–Trinajstić information content (AvgIpc) is 2.50. The first-order valence-electron chi connectivity index (χ1n) is 6.91. The molecule has 0 bridgehead atoms. The lowest BCUT2D eigenvalue weighted by Gasteiger charge is -2.15. The molecule has 0 heterocycles. The van der Waals surface area contributed by atoms with Gasteiger partial charge in [-0.1, -0.05) is 28.1 Å². The molecule has 0 fully saturated rings. The van der Waals surface area contributed by atoms with Crippen molar-refractivity contribution in [1.82, 2.24) is 0 Å². The molecule has 2 aromatic carbocycles. The molecule has 0 aliphatic rings. The molecule has 21 heavy (non-hydrogen) atoms. The van der Waals surface area contributed by atoms with E-state index in [4.69, 9.17) is 4.74 Å². The standard InChI is InChI=1S/C17H18BrFO2/c18-15-3-7-17(8-4-15)21-10-9-14(12-20)11-13-1-5-16(19)6-2-13/h1-8,14,20H,9-12H2. The normalized spacial score (nSPS) is 12.1. The largest absolute Gasteiger partial charge is 0.494 e. The summed E-state index contributed by atoms with van der Waals surface area (Å²) < 4.78 is 19.5. The summed E-state index contributed by atoms with van der Waals surface area (Å²) in [6, 6.07) is 14.1. The maximum absolute atomic E-state index is 12.9. The molecular formula is C17H18BrFO2. The number of hydrogen-bond acceptors (Lipinski definition) is 2. The van der Waals surface area contributed by atoms with Crippen LogP contribution in [0, 0.1) is 11.7 Å². The van der Waals surface area contributed by atoms with E-state index in [9.17, 15) is 9.50 Å². The molecule has 0 aromatic heterocycles. The van der Waals surface area contributed by atoms with Gasteiger partial charge >= 0.3 is 0 Å². The number of aliphatic hydroxyl groups excluding tert-OH is 1. The molecule has 0 aliphatic heterocycles. The molecule has 0 saturated carbocycles. The van der Waals surface area contributed by atoms with Gasteiger partial charge in [-0.25, -0.2) is 4.39 Å². The van der Waals surface area contributed by atoms with Crippen LogP contribution in [0.15, 0.2) is 53.0 Å². The Balaban J connectivity index is 1.79. The van der Waals surface area contributed by atoms with E-state index in [0.29, 0.717) is 6.61 Å². The third-order valence-electron chi connectivity index (χ3n) is 3.30. The monoisotopic (exact) mass is 352 g/mol. The molecule has 2 nitrogen and oxygen atoms in total. The number of ether oxygens (including phenoxy) is 1. The zero-order valence-electron chi connectivity index (χ0n) is 11.6. The topological polar surface area (TPSA) is 29.5 Å². The van der Waals surface area contributed by atoms with Crippen LogP contribution in [0.2, 0.25) is 0 Å². The summed E-state index contributed by atoms with van der Waals surface area (Å²) in [6.07, 6.45) is 1.48. The van der Waals surface area contributed by atoms with Crippen LogP contribution in [-0.4, -0.2) is 18.3 Å². The van der Waals surface area contributed by atoms with Crippen LogP contribution < -0.4 is 4.74 Å². The van der Waals surface area contributed by atoms with Gasteiger partial charge in [0.05, 0.1) is 6.61 Å². The smallest absolute Gasteiger partial charge is 0.123 e. The molecule has 0 aliphatic carbocycles. The highest BCUT2D eigenvalue weighted by Crippen LogP contribution is 2.18. The summed E-state index contributed by atoms with van der Waals surface area (Å²) in [5, 5.41) is 9.44. The van der Waals surface area contributed by atoms with E-state index in [2.05, 4.69) is 15.9 Å². The van der Waals surface area contributed by atoms with E-state index in [1.54, 1.807) is 12.1 Å². The summed E-state index contributed by atoms with van der Waals surface area (Å²) in [5.41, 5.74) is 1.03. The molecule has 0 radical (unpaired) electrons. The van der Waals surface area contributed by atoms with E-state index in [0.717, 1.165) is 28.6 Å². The molecule has 112 valence electrons. The Morgan fingerprint density at radius 3 is 2.33 bits per heavy atom. The van der Waals surface area contributed by atoms with Crippen molar-refractivity contribution in [2.45, 2.75) is 12.8 Å². The third kappa shape index (κ3) is 5.48. The Labute approximate surface area is 132 Å². The molecule has 1 atom stereocenters. The van der Waals surface area contributed by atoms with Crippen LogP contribution in [0.25, 0.3) is 0 Å². The SMILES string of the molecule is OCC(CCOc1ccc(Br)cc1)Cc1ccc(F)cc1. The fourth-order valence-electron chi connectivity index (χ4n) is 2.09. The minimum atomic E-state index is -0.238. The van der Waals surface area contributed by atoms with Crippen molar-refractivity contribution >= 4 is 15.9 Å². The molecular weight excluding hydrogens is 335 g/mol. The Kier molecular flexibility index (Phi) is 6.21. The Morgan fingerprint density at radius 1 is 1.05 bits per heavy atom. The van der Waals surface area contributed by atoms with E-state index < -0.39 is 0 Å². The van der Waals surface area contributed by atoms with Gasteiger partial charge in [-0.2, -0.15) is 0 Å². The first-order chi connectivity index (χ1) is 10.2. The molecule has 1 unspecified atom stereocenters. The van der Waals surface area contributed by atoms with E-state index in [1.807, 2.05) is 24.3 Å². The minimum Gasteiger partial charge on any atom is -0.494 e. The van der Waals surface area contributed by atoms with Crippen molar-refractivity contribution in [3.8, 4) is 5.75 Å². The van der Waals surface area contributed by atoms with Crippen LogP contribution in [0.1, 0.15) is 12.0 Å². The molecule has 0 spiro atoms. The summed E-state index contributed by atoms with van der Waals surface area (Å²) in [4.78, 5) is 0. The van der Waals surface area contributed by atoms with Gasteiger partial charge in [0.1, 0.15) is 11.6 Å². The highest BCUT2D eigenvalue weighted by atomic mass is 79.9. The summed E-state index contributed by atoms with van der Waals surface area (Å²) >= 11 is 3.37. The Morgan fingerprint density at radius 2 is 1.71 bits per heavy atom. The molecule has 2 aromatic rings. The quantitative estimate of drug-likeness (QED) is 0.808. The summed E-state index contributed by atoms with van der Waals surface area (Å²) in [5.74, 6) is 0.695. The highest BCUT2D eigenvalue weighted by molar-refractivity contribution is 9.10. The van der Waals surface area contributed by atoms with Gasteiger partial charge in [-0.05, 0) is 60.7 Å². The van der Waals surface area contributed by atoms with Crippen molar-refractivity contribution in [2.24, 2.45) is 5.92 Å². The maximum atomic E-state index is 12.9. The Hall–Kier alpha value is -1.39. The van der Waals surface area contributed by atoms with Gasteiger partial charge in [0.15, 0.2) is 0 Å². The van der Waals surface area contributed by atoms with Gasteiger partial charge in [0.25, 0.3) is 0 Å². The van der Waals surface area contributed by atoms with E-state index in [-0.39, 0.29) is 18.3 Å². The first kappa shape index (κ1) is 16.0. The van der Waals surface area contributed by atoms with Gasteiger partial charge in [0, 0.05) is 11.1 Å². The number of aliphatic hydroxyl groups is 1. The van der Waals surface area contributed by atoms with E-state index in [1.165, 1.54) is 12.1 Å². The van der Waals surface area contributed by atoms with E-state index >= 15 is 0 Å². The zero-order valence-corrected chi connectivity index (χ0v) is 13.2. The van der Waals surface area contributed by atoms with Gasteiger partial charge in [-0.15, -0.1) is 0 Å². The van der Waals surface area contributed by atoms with Crippen LogP contribution >= 0.6 is 15.9 Å². The van der Waals surface area contributed by atoms with Crippen LogP contribution in [0.4, 0.5) is 4.39 Å². The van der Waals surface area contributed by atoms with Crippen molar-refractivity contribution < 1.29 is 14.2 Å². The van der Waals surface area contributed by atoms with Crippen molar-refractivity contribution in [3.05, 3.63) is 64.4 Å². The van der Waals surface area contributed by atoms with Gasteiger partial charge in [-0.3, -0.25) is 0 Å². The lowest BCUT2D eigenvalue weighted by molar-refractivity contribution is 0.190. The number of hydrogen-bond donors (Lipinski definition) is 1. The predicted octanol–water partition coefficient (Wildman–Crippen LogP) is 4.21. The number of rotatable bonds is 7. The predicted molar refractivity (Wildman–Crippen MR) is 84.9 cm³/mol. The lowest BCUT2D eigenvalue weighted by atomic mass is 9.97. The summed E-state index contributed by atoms with van der Waals surface area (Å²) in [6.45, 7) is 0.648. The Bertz CT molecular complexity index is 540. The van der Waals surface area contributed by atoms with Gasteiger partial charge < -0.3 is 9.84 Å². The first-order valence-corrected chi connectivity index (χ1v) is 7.70. The highest BCUT2D eigenvalue weighted by Gasteiger charge is 2.09. The van der Waals surface area contributed by atoms with Crippen molar-refractivity contribution in [1.29, 1.82) is 0 Å². The zero-order chi connectivity index (χ0) is 15.1. The van der Waals surface area contributed by atoms with Crippen LogP contribution in [0.3, 0.4) is 0 Å². The van der Waals surface area contributed by atoms with Crippen molar-refractivity contribution in [2.75, 3.05) is 13.2 Å². The molecule has 4 heteroatoms. The molecule has 1 N–H and O–H groups in total. The summed E-state index contributed by atoms with van der Waals surface area (Å²) in [7, 11) is 0. The average molecular weight is 353 g/mol. The number of halogens is 2. The lowest BCUT2D eigenvalue weighted by Crippen LogP contribution is -2.14. The minimum absolute atomic E-state index is 0.0983. The third-order valence-corrected chi connectivity index (χ3v) is 3.83.